The smallest absolute Gasteiger partial charge is 0.169 e. The second-order valence-corrected chi connectivity index (χ2v) is 7.73. The van der Waals surface area contributed by atoms with Crippen molar-refractivity contribution in [2.24, 2.45) is 0 Å². The first kappa shape index (κ1) is 22.2. The van der Waals surface area contributed by atoms with E-state index in [0.717, 1.165) is 22.3 Å². The topological polar surface area (TPSA) is 62.0 Å². The number of methoxy groups -OCH3 is 2. The number of rotatable bonds is 11. The summed E-state index contributed by atoms with van der Waals surface area (Å²) in [6.45, 7) is 6.33. The molecule has 2 atom stereocenters. The Morgan fingerprint density at radius 3 is 1.47 bits per heavy atom. The lowest BCUT2D eigenvalue weighted by molar-refractivity contribution is 0.250. The molecule has 0 aliphatic carbocycles. The lowest BCUT2D eigenvalue weighted by atomic mass is 9.97. The number of hydrogen-bond acceptors (Lipinski definition) is 6. The van der Waals surface area contributed by atoms with Gasteiger partial charge in [-0.15, -0.1) is 0 Å². The number of ether oxygens (including phenoxy) is 6. The number of epoxide rings is 2. The molecule has 170 valence electrons. The molecule has 2 aliphatic rings. The molecule has 6 heteroatoms. The average Bonchev–Trinajstić information content (AvgIpc) is 3.71. The zero-order chi connectivity index (χ0) is 22.5. The molecule has 2 fully saturated rings. The van der Waals surface area contributed by atoms with Crippen LogP contribution >= 0.6 is 0 Å². The lowest BCUT2D eigenvalue weighted by Crippen LogP contribution is -2.09. The summed E-state index contributed by atoms with van der Waals surface area (Å²) in [6, 6.07) is 8.11. The first-order valence-corrected chi connectivity index (χ1v) is 10.9. The van der Waals surface area contributed by atoms with Crippen LogP contribution in [-0.4, -0.2) is 52.9 Å². The molecule has 6 nitrogen and oxygen atoms in total. The normalized spacial score (nSPS) is 19.4. The zero-order valence-corrected chi connectivity index (χ0v) is 19.1. The number of allylic oxidation sites excluding steroid dienone is 2. The van der Waals surface area contributed by atoms with Gasteiger partial charge in [0.05, 0.1) is 27.4 Å². The minimum Gasteiger partial charge on any atom is -0.493 e. The van der Waals surface area contributed by atoms with Crippen molar-refractivity contribution < 1.29 is 28.4 Å². The van der Waals surface area contributed by atoms with Crippen LogP contribution in [-0.2, 0) is 9.47 Å². The van der Waals surface area contributed by atoms with Crippen LogP contribution < -0.4 is 18.9 Å². The molecule has 2 heterocycles. The Bertz CT molecular complexity index is 920. The van der Waals surface area contributed by atoms with Crippen LogP contribution in [0.3, 0.4) is 0 Å². The minimum atomic E-state index is 0.120. The van der Waals surface area contributed by atoms with Crippen molar-refractivity contribution in [3.8, 4) is 34.1 Å². The maximum absolute atomic E-state index is 6.22. The van der Waals surface area contributed by atoms with E-state index in [-0.39, 0.29) is 12.2 Å². The summed E-state index contributed by atoms with van der Waals surface area (Å²) in [6.07, 6.45) is 8.30. The molecule has 0 aromatic heterocycles. The molecular weight excluding hydrogens is 408 g/mol. The standard InChI is InChI=1S/C26H30O6/c1-5-7-17-9-21(25(23(11-17)27-3)31-15-19-13-29-19)22-10-18(8-6-2)12-24(28-4)26(22)32-16-20-14-30-20/h5-12,19-20H,13-16H2,1-4H3/b7-5+,8-6+. The number of hydrogen-bond donors (Lipinski definition) is 0. The maximum Gasteiger partial charge on any atom is 0.169 e. The summed E-state index contributed by atoms with van der Waals surface area (Å²) >= 11 is 0. The molecule has 2 aliphatic heterocycles. The third kappa shape index (κ3) is 5.26. The SMILES string of the molecule is C/C=C/c1cc(OC)c(OCC2CO2)c(-c2cc(/C=C/C)cc(OC)c2OCC2CO2)c1. The first-order chi connectivity index (χ1) is 15.7. The van der Waals surface area contributed by atoms with Crippen LogP contribution in [0.1, 0.15) is 25.0 Å². The summed E-state index contributed by atoms with van der Waals surface area (Å²) in [5.41, 5.74) is 3.74. The Morgan fingerprint density at radius 1 is 0.750 bits per heavy atom. The monoisotopic (exact) mass is 438 g/mol. The van der Waals surface area contributed by atoms with Gasteiger partial charge in [-0.25, -0.2) is 0 Å². The molecule has 0 spiro atoms. The molecule has 2 unspecified atom stereocenters. The van der Waals surface area contributed by atoms with Gasteiger partial charge in [0.25, 0.3) is 0 Å². The summed E-state index contributed by atoms with van der Waals surface area (Å²) in [5.74, 6) is 2.62. The third-order valence-corrected chi connectivity index (χ3v) is 5.23. The van der Waals surface area contributed by atoms with Crippen LogP contribution in [0.5, 0.6) is 23.0 Å². The van der Waals surface area contributed by atoms with Crippen LogP contribution in [0.2, 0.25) is 0 Å². The maximum atomic E-state index is 6.22. The summed E-state index contributed by atoms with van der Waals surface area (Å²) in [5, 5.41) is 0. The molecule has 32 heavy (non-hydrogen) atoms. The van der Waals surface area contributed by atoms with Gasteiger partial charge < -0.3 is 28.4 Å². The Hall–Kier alpha value is -2.96. The minimum absolute atomic E-state index is 0.120. The molecule has 0 saturated carbocycles. The molecule has 0 amide bonds. The van der Waals surface area contributed by atoms with E-state index in [1.807, 2.05) is 50.3 Å². The highest BCUT2D eigenvalue weighted by Crippen LogP contribution is 2.47. The van der Waals surface area contributed by atoms with E-state index in [2.05, 4.69) is 12.1 Å². The van der Waals surface area contributed by atoms with E-state index < -0.39 is 0 Å². The van der Waals surface area contributed by atoms with Gasteiger partial charge in [0.2, 0.25) is 0 Å². The van der Waals surface area contributed by atoms with E-state index in [1.165, 1.54) is 0 Å². The van der Waals surface area contributed by atoms with Crippen molar-refractivity contribution in [3.63, 3.8) is 0 Å². The van der Waals surface area contributed by atoms with Crippen molar-refractivity contribution in [1.29, 1.82) is 0 Å². The van der Waals surface area contributed by atoms with Crippen molar-refractivity contribution in [2.45, 2.75) is 26.1 Å². The van der Waals surface area contributed by atoms with Crippen molar-refractivity contribution in [3.05, 3.63) is 47.5 Å². The second-order valence-electron chi connectivity index (χ2n) is 7.73. The van der Waals surface area contributed by atoms with Gasteiger partial charge in [0.1, 0.15) is 25.4 Å². The van der Waals surface area contributed by atoms with Crippen LogP contribution in [0.15, 0.2) is 36.4 Å². The molecule has 0 bridgehead atoms. The van der Waals surface area contributed by atoms with Gasteiger partial charge in [-0.2, -0.15) is 0 Å². The van der Waals surface area contributed by atoms with Gasteiger partial charge >= 0.3 is 0 Å². The Kier molecular flexibility index (Phi) is 7.02. The van der Waals surface area contributed by atoms with Crippen molar-refractivity contribution in [2.75, 3.05) is 40.6 Å². The molecule has 0 N–H and O–H groups in total. The Balaban J connectivity index is 1.89. The number of benzene rings is 2. The van der Waals surface area contributed by atoms with E-state index in [1.54, 1.807) is 14.2 Å². The summed E-state index contributed by atoms with van der Waals surface area (Å²) in [7, 11) is 3.30. The lowest BCUT2D eigenvalue weighted by Gasteiger charge is -2.20. The highest BCUT2D eigenvalue weighted by molar-refractivity contribution is 5.84. The van der Waals surface area contributed by atoms with E-state index in [4.69, 9.17) is 28.4 Å². The van der Waals surface area contributed by atoms with Crippen molar-refractivity contribution in [1.82, 2.24) is 0 Å². The highest BCUT2D eigenvalue weighted by Gasteiger charge is 2.28. The van der Waals surface area contributed by atoms with Gasteiger partial charge in [0.15, 0.2) is 23.0 Å². The third-order valence-electron chi connectivity index (χ3n) is 5.23. The summed E-state index contributed by atoms with van der Waals surface area (Å²) < 4.78 is 34.6. The van der Waals surface area contributed by atoms with E-state index in [0.29, 0.717) is 49.4 Å². The highest BCUT2D eigenvalue weighted by atomic mass is 16.6. The van der Waals surface area contributed by atoms with Gasteiger partial charge in [0, 0.05) is 11.1 Å². The van der Waals surface area contributed by atoms with E-state index >= 15 is 0 Å². The molecule has 2 aromatic carbocycles. The fraction of sp³-hybridized carbons (Fsp3) is 0.385. The predicted octanol–water partition coefficient (Wildman–Crippen LogP) is 4.99. The summed E-state index contributed by atoms with van der Waals surface area (Å²) in [4.78, 5) is 0. The Morgan fingerprint density at radius 2 is 1.16 bits per heavy atom. The van der Waals surface area contributed by atoms with E-state index in [9.17, 15) is 0 Å². The van der Waals surface area contributed by atoms with Crippen LogP contribution in [0.25, 0.3) is 23.3 Å². The fourth-order valence-electron chi connectivity index (χ4n) is 3.51. The van der Waals surface area contributed by atoms with Crippen LogP contribution in [0, 0.1) is 0 Å². The molecule has 2 aromatic rings. The van der Waals surface area contributed by atoms with Gasteiger partial charge in [-0.3, -0.25) is 0 Å². The van der Waals surface area contributed by atoms with Crippen LogP contribution in [0.4, 0.5) is 0 Å². The predicted molar refractivity (Wildman–Crippen MR) is 125 cm³/mol. The largest absolute Gasteiger partial charge is 0.493 e. The fourth-order valence-corrected chi connectivity index (χ4v) is 3.51. The molecular formula is C26H30O6. The molecule has 0 radical (unpaired) electrons. The quantitative estimate of drug-likeness (QED) is 0.461. The van der Waals surface area contributed by atoms with Gasteiger partial charge in [-0.1, -0.05) is 24.3 Å². The first-order valence-electron chi connectivity index (χ1n) is 10.9. The van der Waals surface area contributed by atoms with Gasteiger partial charge in [-0.05, 0) is 49.2 Å². The average molecular weight is 439 g/mol. The molecule has 4 rings (SSSR count). The Labute approximate surface area is 189 Å². The molecule has 2 saturated heterocycles. The zero-order valence-electron chi connectivity index (χ0n) is 19.1. The van der Waals surface area contributed by atoms with Crippen molar-refractivity contribution >= 4 is 12.2 Å². The second kappa shape index (κ2) is 10.1.